The molecule has 0 rings (SSSR count). The normalized spacial score (nSPS) is 14.8. The minimum atomic E-state index is -1.46. The Balaban J connectivity index is 3.79. The van der Waals surface area contributed by atoms with Gasteiger partial charge in [0, 0.05) is 5.67 Å². The second kappa shape index (κ2) is 5.41. The van der Waals surface area contributed by atoms with Gasteiger partial charge in [0.25, 0.3) is 0 Å². The van der Waals surface area contributed by atoms with Gasteiger partial charge in [0.1, 0.15) is 0 Å². The number of carboxylic acid groups (broad SMARTS) is 1. The minimum Gasteiger partial charge on any atom is -0.465 e. The molecule has 0 aromatic carbocycles. The molecule has 6 heteroatoms. The van der Waals surface area contributed by atoms with Crippen molar-refractivity contribution >= 4 is 24.2 Å². The summed E-state index contributed by atoms with van der Waals surface area (Å²) in [6.45, 7) is 8.33. The Morgan fingerprint density at radius 1 is 1.62 bits per heavy atom. The Bertz CT molecular complexity index is 170. The standard InChI is InChI=1S/C7H19NO3Si2/c1-5-6(8-7(9)10)12-11-13(2,3)4/h6,8H,5,12H2,1-4H3,(H,9,10). The Labute approximate surface area is 82.8 Å². The zero-order chi connectivity index (χ0) is 10.5. The SMILES string of the molecule is CCC(NC(=O)O)[SiH2]O[Si](C)(C)C. The van der Waals surface area contributed by atoms with Crippen LogP contribution in [-0.2, 0) is 4.12 Å². The van der Waals surface area contributed by atoms with Gasteiger partial charge in [-0.3, -0.25) is 0 Å². The van der Waals surface area contributed by atoms with Crippen LogP contribution in [-0.4, -0.2) is 34.9 Å². The summed E-state index contributed by atoms with van der Waals surface area (Å²) in [5, 5.41) is 11.0. The summed E-state index contributed by atoms with van der Waals surface area (Å²) in [4.78, 5) is 10.4. The van der Waals surface area contributed by atoms with Crippen molar-refractivity contribution in [1.29, 1.82) is 0 Å². The maximum atomic E-state index is 10.4. The molecular formula is C7H19NO3Si2. The molecule has 0 aliphatic carbocycles. The van der Waals surface area contributed by atoms with E-state index in [0.717, 1.165) is 6.42 Å². The number of amides is 1. The molecule has 1 atom stereocenters. The van der Waals surface area contributed by atoms with Crippen LogP contribution in [0, 0.1) is 0 Å². The Morgan fingerprint density at radius 2 is 2.15 bits per heavy atom. The van der Waals surface area contributed by atoms with Crippen molar-refractivity contribution in [2.75, 3.05) is 0 Å². The zero-order valence-electron chi connectivity index (χ0n) is 8.76. The van der Waals surface area contributed by atoms with Gasteiger partial charge in [-0.2, -0.15) is 0 Å². The van der Waals surface area contributed by atoms with Crippen molar-refractivity contribution in [2.24, 2.45) is 0 Å². The molecule has 4 nitrogen and oxygen atoms in total. The van der Waals surface area contributed by atoms with Gasteiger partial charge >= 0.3 is 6.09 Å². The third-order valence-electron chi connectivity index (χ3n) is 1.54. The number of hydrogen-bond acceptors (Lipinski definition) is 2. The summed E-state index contributed by atoms with van der Waals surface area (Å²) in [6.07, 6.45) is -0.123. The van der Waals surface area contributed by atoms with Crippen molar-refractivity contribution in [2.45, 2.75) is 38.7 Å². The summed E-state index contributed by atoms with van der Waals surface area (Å²) in [6, 6.07) is 0. The van der Waals surface area contributed by atoms with E-state index in [4.69, 9.17) is 9.22 Å². The van der Waals surface area contributed by atoms with E-state index in [-0.39, 0.29) is 5.67 Å². The van der Waals surface area contributed by atoms with E-state index >= 15 is 0 Å². The molecule has 13 heavy (non-hydrogen) atoms. The lowest BCUT2D eigenvalue weighted by Gasteiger charge is -2.22. The minimum absolute atomic E-state index is 0.0595. The lowest BCUT2D eigenvalue weighted by atomic mass is 10.5. The fourth-order valence-electron chi connectivity index (χ4n) is 0.787. The molecule has 0 radical (unpaired) electrons. The van der Waals surface area contributed by atoms with Crippen LogP contribution in [0.1, 0.15) is 13.3 Å². The molecule has 0 heterocycles. The number of hydrogen-bond donors (Lipinski definition) is 2. The lowest BCUT2D eigenvalue weighted by molar-refractivity contribution is 0.192. The average molecular weight is 221 g/mol. The predicted molar refractivity (Wildman–Crippen MR) is 58.2 cm³/mol. The molecule has 0 fully saturated rings. The molecule has 0 aliphatic heterocycles. The highest BCUT2D eigenvalue weighted by Crippen LogP contribution is 2.02. The zero-order valence-corrected chi connectivity index (χ0v) is 11.2. The Morgan fingerprint density at radius 3 is 2.46 bits per heavy atom. The molecule has 1 unspecified atom stereocenters. The van der Waals surface area contributed by atoms with Gasteiger partial charge in [-0.1, -0.05) is 6.92 Å². The van der Waals surface area contributed by atoms with E-state index in [1.807, 2.05) is 6.92 Å². The summed E-state index contributed by atoms with van der Waals surface area (Å²) in [5.41, 5.74) is 0.0595. The van der Waals surface area contributed by atoms with Crippen molar-refractivity contribution in [3.63, 3.8) is 0 Å². The number of rotatable bonds is 5. The van der Waals surface area contributed by atoms with E-state index in [0.29, 0.717) is 0 Å². The molecular weight excluding hydrogens is 202 g/mol. The summed E-state index contributed by atoms with van der Waals surface area (Å²) < 4.78 is 5.74. The Kier molecular flexibility index (Phi) is 5.27. The monoisotopic (exact) mass is 221 g/mol. The van der Waals surface area contributed by atoms with E-state index in [1.54, 1.807) is 0 Å². The highest BCUT2D eigenvalue weighted by Gasteiger charge is 2.17. The molecule has 0 aromatic rings. The first-order valence-corrected chi connectivity index (χ1v) is 9.28. The molecule has 0 aromatic heterocycles. The van der Waals surface area contributed by atoms with Crippen LogP contribution in [0.4, 0.5) is 4.79 Å². The topological polar surface area (TPSA) is 58.6 Å². The fourth-order valence-corrected chi connectivity index (χ4v) is 4.09. The highest BCUT2D eigenvalue weighted by atomic mass is 28.4. The van der Waals surface area contributed by atoms with Gasteiger partial charge in [0.2, 0.25) is 0 Å². The van der Waals surface area contributed by atoms with E-state index in [2.05, 4.69) is 25.0 Å². The average Bonchev–Trinajstić information content (AvgIpc) is 1.95. The molecule has 0 spiro atoms. The van der Waals surface area contributed by atoms with Crippen LogP contribution in [0.25, 0.3) is 0 Å². The van der Waals surface area contributed by atoms with Crippen molar-refractivity contribution in [3.05, 3.63) is 0 Å². The van der Waals surface area contributed by atoms with Gasteiger partial charge in [-0.25, -0.2) is 4.79 Å². The molecule has 0 aliphatic rings. The Hall–Kier alpha value is -0.336. The van der Waals surface area contributed by atoms with Crippen LogP contribution < -0.4 is 5.32 Å². The second-order valence-corrected chi connectivity index (χ2v) is 10.7. The third-order valence-corrected chi connectivity index (χ3v) is 6.85. The van der Waals surface area contributed by atoms with Crippen LogP contribution in [0.2, 0.25) is 19.6 Å². The summed E-state index contributed by atoms with van der Waals surface area (Å²) in [5.74, 6) is 0. The van der Waals surface area contributed by atoms with E-state index in [9.17, 15) is 4.79 Å². The fraction of sp³-hybridized carbons (Fsp3) is 0.857. The first-order chi connectivity index (χ1) is 5.85. The van der Waals surface area contributed by atoms with Crippen LogP contribution >= 0.6 is 0 Å². The van der Waals surface area contributed by atoms with E-state index in [1.165, 1.54) is 0 Å². The maximum absolute atomic E-state index is 10.4. The summed E-state index contributed by atoms with van der Waals surface area (Å²) >= 11 is 0. The number of carbonyl (C=O) groups is 1. The molecule has 0 saturated heterocycles. The molecule has 78 valence electrons. The van der Waals surface area contributed by atoms with Gasteiger partial charge in [-0.05, 0) is 26.1 Å². The van der Waals surface area contributed by atoms with Gasteiger partial charge in [-0.15, -0.1) is 0 Å². The summed E-state index contributed by atoms with van der Waals surface area (Å²) in [7, 11) is -2.21. The van der Waals surface area contributed by atoms with Gasteiger partial charge in [0.05, 0.1) is 0 Å². The molecule has 0 saturated carbocycles. The van der Waals surface area contributed by atoms with Crippen molar-refractivity contribution in [1.82, 2.24) is 5.32 Å². The van der Waals surface area contributed by atoms with Crippen LogP contribution in [0.15, 0.2) is 0 Å². The van der Waals surface area contributed by atoms with Gasteiger partial charge < -0.3 is 14.5 Å². The number of nitrogens with one attached hydrogen (secondary N) is 1. The largest absolute Gasteiger partial charge is 0.465 e. The highest BCUT2D eigenvalue weighted by molar-refractivity contribution is 6.74. The second-order valence-electron chi connectivity index (χ2n) is 3.98. The van der Waals surface area contributed by atoms with Gasteiger partial charge in [0.15, 0.2) is 18.1 Å². The molecule has 0 bridgehead atoms. The predicted octanol–water partition coefficient (Wildman–Crippen LogP) is 0.925. The third kappa shape index (κ3) is 8.01. The van der Waals surface area contributed by atoms with E-state index < -0.39 is 24.2 Å². The first kappa shape index (κ1) is 12.7. The van der Waals surface area contributed by atoms with Crippen molar-refractivity contribution < 1.29 is 14.0 Å². The van der Waals surface area contributed by atoms with Crippen LogP contribution in [0.3, 0.4) is 0 Å². The maximum Gasteiger partial charge on any atom is 0.404 e. The first-order valence-electron chi connectivity index (χ1n) is 4.48. The van der Waals surface area contributed by atoms with Crippen LogP contribution in [0.5, 0.6) is 0 Å². The quantitative estimate of drug-likeness (QED) is 0.679. The molecule has 2 N–H and O–H groups in total. The smallest absolute Gasteiger partial charge is 0.404 e. The van der Waals surface area contributed by atoms with Crippen molar-refractivity contribution in [3.8, 4) is 0 Å². The molecule has 1 amide bonds. The lowest BCUT2D eigenvalue weighted by Crippen LogP contribution is -2.42.